The normalized spacial score (nSPS) is 23.8. The molecule has 0 N–H and O–H groups in total. The van der Waals surface area contributed by atoms with E-state index in [9.17, 15) is 0 Å². The van der Waals surface area contributed by atoms with Crippen molar-refractivity contribution in [2.45, 2.75) is 89.9 Å². The maximum absolute atomic E-state index is 2.97. The third-order valence-corrected chi connectivity index (χ3v) is 4.97. The topological polar surface area (TPSA) is 0 Å². The lowest BCUT2D eigenvalue weighted by Gasteiger charge is -2.14. The summed E-state index contributed by atoms with van der Waals surface area (Å²) in [6.45, 7) is 0. The van der Waals surface area contributed by atoms with E-state index in [0.717, 1.165) is 5.92 Å². The van der Waals surface area contributed by atoms with Crippen LogP contribution in [0.3, 0.4) is 0 Å². The van der Waals surface area contributed by atoms with Crippen LogP contribution in [0.25, 0.3) is 0 Å². The van der Waals surface area contributed by atoms with Crippen LogP contribution in [-0.2, 0) is 0 Å². The van der Waals surface area contributed by atoms with Gasteiger partial charge >= 0.3 is 0 Å². The summed E-state index contributed by atoms with van der Waals surface area (Å²) in [5.74, 6) is 1.00. The Morgan fingerprint density at radius 2 is 0.824 bits per heavy atom. The summed E-state index contributed by atoms with van der Waals surface area (Å²) < 4.78 is 0. The quantitative estimate of drug-likeness (QED) is 0.508. The average Bonchev–Trinajstić information content (AvgIpc) is 2.36. The van der Waals surface area contributed by atoms with E-state index in [2.05, 4.69) is 9.24 Å². The standard InChI is InChI=1S/C16H33P/c17-15-16-13-11-9-7-5-3-1-2-4-6-8-10-12-14-16/h16H,1-15,17H2. The van der Waals surface area contributed by atoms with Crippen molar-refractivity contribution in [3.8, 4) is 0 Å². The van der Waals surface area contributed by atoms with Gasteiger partial charge in [0.25, 0.3) is 0 Å². The molecule has 0 nitrogen and oxygen atoms in total. The zero-order chi connectivity index (χ0) is 12.2. The Bertz CT molecular complexity index is 140. The van der Waals surface area contributed by atoms with E-state index in [1.165, 1.54) is 96.1 Å². The summed E-state index contributed by atoms with van der Waals surface area (Å²) in [5, 5.41) is 0. The second-order valence-corrected chi connectivity index (χ2v) is 6.39. The van der Waals surface area contributed by atoms with Gasteiger partial charge in [0, 0.05) is 0 Å². The van der Waals surface area contributed by atoms with Crippen molar-refractivity contribution < 1.29 is 0 Å². The highest BCUT2D eigenvalue weighted by molar-refractivity contribution is 7.16. The van der Waals surface area contributed by atoms with Gasteiger partial charge in [0.05, 0.1) is 0 Å². The van der Waals surface area contributed by atoms with Crippen LogP contribution >= 0.6 is 9.24 Å². The second-order valence-electron chi connectivity index (χ2n) is 5.92. The number of rotatable bonds is 1. The molecule has 102 valence electrons. The minimum atomic E-state index is 1.00. The van der Waals surface area contributed by atoms with Crippen LogP contribution in [0.15, 0.2) is 0 Å². The first-order valence-electron chi connectivity index (χ1n) is 8.13. The molecule has 0 saturated heterocycles. The molecule has 1 aliphatic carbocycles. The summed E-state index contributed by atoms with van der Waals surface area (Å²) in [6.07, 6.45) is 22.2. The highest BCUT2D eigenvalue weighted by atomic mass is 31.0. The molecule has 1 rings (SSSR count). The van der Waals surface area contributed by atoms with Crippen molar-refractivity contribution in [3.05, 3.63) is 0 Å². The Hall–Kier alpha value is 0.430. The van der Waals surface area contributed by atoms with Gasteiger partial charge in [0.15, 0.2) is 0 Å². The molecule has 0 aromatic heterocycles. The first-order valence-corrected chi connectivity index (χ1v) is 8.95. The Labute approximate surface area is 112 Å². The molecule has 1 aliphatic rings. The van der Waals surface area contributed by atoms with Crippen molar-refractivity contribution >= 4 is 9.24 Å². The van der Waals surface area contributed by atoms with E-state index in [1.54, 1.807) is 0 Å². The third kappa shape index (κ3) is 9.06. The van der Waals surface area contributed by atoms with Crippen LogP contribution in [0.4, 0.5) is 0 Å². The van der Waals surface area contributed by atoms with E-state index in [1.807, 2.05) is 0 Å². The maximum atomic E-state index is 2.97. The smallest absolute Gasteiger partial charge is 0.0353 e. The van der Waals surface area contributed by atoms with Crippen LogP contribution in [-0.4, -0.2) is 6.16 Å². The Morgan fingerprint density at radius 1 is 0.529 bits per heavy atom. The average molecular weight is 256 g/mol. The van der Waals surface area contributed by atoms with Crippen molar-refractivity contribution in [3.63, 3.8) is 0 Å². The van der Waals surface area contributed by atoms with Crippen molar-refractivity contribution in [2.24, 2.45) is 5.92 Å². The van der Waals surface area contributed by atoms with Crippen LogP contribution < -0.4 is 0 Å². The predicted molar refractivity (Wildman–Crippen MR) is 82.7 cm³/mol. The summed E-state index contributed by atoms with van der Waals surface area (Å²) >= 11 is 0. The van der Waals surface area contributed by atoms with Gasteiger partial charge in [-0.3, -0.25) is 0 Å². The molecule has 0 radical (unpaired) electrons. The molecule has 0 heterocycles. The summed E-state index contributed by atoms with van der Waals surface area (Å²) in [4.78, 5) is 0. The van der Waals surface area contributed by atoms with Gasteiger partial charge in [-0.15, -0.1) is 9.24 Å². The SMILES string of the molecule is PCC1CCCCCCCCCCCCCC1. The fraction of sp³-hybridized carbons (Fsp3) is 1.00. The van der Waals surface area contributed by atoms with Gasteiger partial charge < -0.3 is 0 Å². The first-order chi connectivity index (χ1) is 8.43. The predicted octanol–water partition coefficient (Wildman–Crippen LogP) is 5.95. The van der Waals surface area contributed by atoms with E-state index in [0.29, 0.717) is 0 Å². The lowest BCUT2D eigenvalue weighted by atomic mass is 9.96. The van der Waals surface area contributed by atoms with Gasteiger partial charge in [-0.25, -0.2) is 0 Å². The van der Waals surface area contributed by atoms with Gasteiger partial charge in [0.2, 0.25) is 0 Å². The van der Waals surface area contributed by atoms with E-state index >= 15 is 0 Å². The van der Waals surface area contributed by atoms with Crippen molar-refractivity contribution in [2.75, 3.05) is 6.16 Å². The molecule has 0 aliphatic heterocycles. The van der Waals surface area contributed by atoms with Gasteiger partial charge in [-0.1, -0.05) is 89.9 Å². The molecular weight excluding hydrogens is 223 g/mol. The Kier molecular flexibility index (Phi) is 10.5. The van der Waals surface area contributed by atoms with Crippen LogP contribution in [0.5, 0.6) is 0 Å². The van der Waals surface area contributed by atoms with E-state index in [-0.39, 0.29) is 0 Å². The van der Waals surface area contributed by atoms with Crippen LogP contribution in [0.2, 0.25) is 0 Å². The Balaban J connectivity index is 2.16. The molecule has 1 unspecified atom stereocenters. The van der Waals surface area contributed by atoms with Gasteiger partial charge in [-0.05, 0) is 12.1 Å². The molecule has 17 heavy (non-hydrogen) atoms. The number of hydrogen-bond donors (Lipinski definition) is 0. The molecule has 1 atom stereocenters. The van der Waals surface area contributed by atoms with Crippen LogP contribution in [0.1, 0.15) is 89.9 Å². The monoisotopic (exact) mass is 256 g/mol. The molecule has 1 fully saturated rings. The summed E-state index contributed by atoms with van der Waals surface area (Å²) in [7, 11) is 2.97. The zero-order valence-corrected chi connectivity index (χ0v) is 12.9. The molecule has 0 aromatic rings. The van der Waals surface area contributed by atoms with E-state index < -0.39 is 0 Å². The molecular formula is C16H33P. The highest BCUT2D eigenvalue weighted by Crippen LogP contribution is 2.21. The summed E-state index contributed by atoms with van der Waals surface area (Å²) in [6, 6.07) is 0. The number of hydrogen-bond acceptors (Lipinski definition) is 0. The van der Waals surface area contributed by atoms with E-state index in [4.69, 9.17) is 0 Å². The minimum absolute atomic E-state index is 1.00. The van der Waals surface area contributed by atoms with Crippen LogP contribution in [0, 0.1) is 5.92 Å². The maximum Gasteiger partial charge on any atom is -0.0353 e. The third-order valence-electron chi connectivity index (χ3n) is 4.31. The lowest BCUT2D eigenvalue weighted by molar-refractivity contribution is 0.440. The van der Waals surface area contributed by atoms with Gasteiger partial charge in [0.1, 0.15) is 0 Å². The zero-order valence-electron chi connectivity index (χ0n) is 11.8. The fourth-order valence-corrected chi connectivity index (χ4v) is 3.49. The molecule has 0 spiro atoms. The molecule has 1 heteroatoms. The van der Waals surface area contributed by atoms with Crippen molar-refractivity contribution in [1.29, 1.82) is 0 Å². The van der Waals surface area contributed by atoms with Crippen molar-refractivity contribution in [1.82, 2.24) is 0 Å². The highest BCUT2D eigenvalue weighted by Gasteiger charge is 2.06. The molecule has 0 bridgehead atoms. The molecule has 0 amide bonds. The minimum Gasteiger partial charge on any atom is -0.137 e. The second kappa shape index (κ2) is 11.5. The Morgan fingerprint density at radius 3 is 1.12 bits per heavy atom. The lowest BCUT2D eigenvalue weighted by Crippen LogP contribution is -2.02. The molecule has 1 saturated carbocycles. The fourth-order valence-electron chi connectivity index (χ4n) is 3.01. The van der Waals surface area contributed by atoms with Gasteiger partial charge in [-0.2, -0.15) is 0 Å². The summed E-state index contributed by atoms with van der Waals surface area (Å²) in [5.41, 5.74) is 0. The largest absolute Gasteiger partial charge is 0.137 e. The molecule has 0 aromatic carbocycles. The first kappa shape index (κ1) is 15.5.